The molecule has 0 atom stereocenters. The first-order valence-corrected chi connectivity index (χ1v) is 6.01. The molecule has 0 N–H and O–H groups in total. The quantitative estimate of drug-likeness (QED) is 0.695. The van der Waals surface area contributed by atoms with Gasteiger partial charge in [0, 0.05) is 52.0 Å². The van der Waals surface area contributed by atoms with E-state index < -0.39 is 0 Å². The van der Waals surface area contributed by atoms with Crippen LogP contribution in [0.2, 0.25) is 0 Å². The predicted molar refractivity (Wildman–Crippen MR) is 67.6 cm³/mol. The minimum Gasteiger partial charge on any atom is -0.141 e. The molecule has 0 bridgehead atoms. The number of pyridine rings is 2. The highest BCUT2D eigenvalue weighted by molar-refractivity contribution is 5.02. The van der Waals surface area contributed by atoms with Gasteiger partial charge in [-0.15, -0.1) is 9.13 Å². The third-order valence-electron chi connectivity index (χ3n) is 3.34. The summed E-state index contributed by atoms with van der Waals surface area (Å²) in [6.45, 7) is 9.50. The van der Waals surface area contributed by atoms with E-state index in [1.165, 1.54) is 22.8 Å². The molecule has 0 aliphatic heterocycles. The summed E-state index contributed by atoms with van der Waals surface area (Å²) in [7, 11) is 0. The third kappa shape index (κ3) is 2.36. The molecule has 0 aromatic carbocycles. The van der Waals surface area contributed by atoms with E-state index in [0.29, 0.717) is 0 Å². The van der Waals surface area contributed by atoms with Gasteiger partial charge < -0.3 is 0 Å². The fourth-order valence-electron chi connectivity index (χ4n) is 2.16. The molecular formula is C15H20N2+2. The van der Waals surface area contributed by atoms with Crippen LogP contribution in [0.4, 0.5) is 0 Å². The molecule has 2 aromatic heterocycles. The predicted octanol–water partition coefficient (Wildman–Crippen LogP) is 2.00. The average Bonchev–Trinajstić information content (AvgIpc) is 2.27. The number of aryl methyl sites for hydroxylation is 4. The van der Waals surface area contributed by atoms with Gasteiger partial charge >= 0.3 is 6.67 Å². The summed E-state index contributed by atoms with van der Waals surface area (Å²) in [6, 6.07) is 12.8. The van der Waals surface area contributed by atoms with Crippen LogP contribution in [0, 0.1) is 27.7 Å². The van der Waals surface area contributed by atoms with Gasteiger partial charge in [-0.2, -0.15) is 0 Å². The van der Waals surface area contributed by atoms with E-state index in [2.05, 4.69) is 73.2 Å². The monoisotopic (exact) mass is 228 g/mol. The van der Waals surface area contributed by atoms with Crippen LogP contribution in [0.1, 0.15) is 22.8 Å². The van der Waals surface area contributed by atoms with E-state index in [9.17, 15) is 0 Å². The summed E-state index contributed by atoms with van der Waals surface area (Å²) in [5, 5.41) is 0. The molecule has 0 spiro atoms. The number of aromatic nitrogens is 2. The number of hydrogen-bond acceptors (Lipinski definition) is 0. The fraction of sp³-hybridized carbons (Fsp3) is 0.333. The van der Waals surface area contributed by atoms with Crippen molar-refractivity contribution in [1.29, 1.82) is 0 Å². The Morgan fingerprint density at radius 2 is 0.941 bits per heavy atom. The van der Waals surface area contributed by atoms with E-state index in [1.54, 1.807) is 0 Å². The lowest BCUT2D eigenvalue weighted by molar-refractivity contribution is -0.921. The van der Waals surface area contributed by atoms with Crippen molar-refractivity contribution in [2.45, 2.75) is 34.4 Å². The van der Waals surface area contributed by atoms with Crippen LogP contribution in [0.15, 0.2) is 36.4 Å². The van der Waals surface area contributed by atoms with Crippen LogP contribution < -0.4 is 9.13 Å². The molecule has 0 aliphatic rings. The van der Waals surface area contributed by atoms with E-state index >= 15 is 0 Å². The average molecular weight is 228 g/mol. The van der Waals surface area contributed by atoms with E-state index in [-0.39, 0.29) is 0 Å². The lowest BCUT2D eigenvalue weighted by Gasteiger charge is -2.04. The molecule has 0 aliphatic carbocycles. The minimum atomic E-state index is 0.886. The number of hydrogen-bond donors (Lipinski definition) is 0. The maximum Gasteiger partial charge on any atom is 0.344 e. The van der Waals surface area contributed by atoms with Crippen molar-refractivity contribution in [2.75, 3.05) is 0 Å². The number of nitrogens with zero attached hydrogens (tertiary/aromatic N) is 2. The second-order valence-corrected chi connectivity index (χ2v) is 4.61. The lowest BCUT2D eigenvalue weighted by Crippen LogP contribution is -2.57. The van der Waals surface area contributed by atoms with Gasteiger partial charge in [0.15, 0.2) is 22.8 Å². The normalized spacial score (nSPS) is 10.6. The van der Waals surface area contributed by atoms with Crippen molar-refractivity contribution in [3.05, 3.63) is 59.2 Å². The van der Waals surface area contributed by atoms with Gasteiger partial charge in [0.25, 0.3) is 0 Å². The smallest absolute Gasteiger partial charge is 0.141 e. The summed E-state index contributed by atoms with van der Waals surface area (Å²) >= 11 is 0. The zero-order chi connectivity index (χ0) is 12.4. The minimum absolute atomic E-state index is 0.886. The van der Waals surface area contributed by atoms with Gasteiger partial charge in [-0.25, -0.2) is 0 Å². The molecule has 2 heteroatoms. The highest BCUT2D eigenvalue weighted by atomic mass is 15.2. The van der Waals surface area contributed by atoms with Gasteiger partial charge in [0.1, 0.15) is 0 Å². The topological polar surface area (TPSA) is 7.76 Å². The van der Waals surface area contributed by atoms with Gasteiger partial charge in [-0.1, -0.05) is 0 Å². The van der Waals surface area contributed by atoms with Crippen LogP contribution in [-0.2, 0) is 6.67 Å². The summed E-state index contributed by atoms with van der Waals surface area (Å²) in [5.41, 5.74) is 5.17. The van der Waals surface area contributed by atoms with E-state index in [4.69, 9.17) is 0 Å². The molecule has 88 valence electrons. The van der Waals surface area contributed by atoms with Crippen LogP contribution in [0.25, 0.3) is 0 Å². The Kier molecular flexibility index (Phi) is 3.23. The molecule has 2 nitrogen and oxygen atoms in total. The van der Waals surface area contributed by atoms with Crippen molar-refractivity contribution in [1.82, 2.24) is 0 Å². The van der Waals surface area contributed by atoms with Crippen molar-refractivity contribution in [3.8, 4) is 0 Å². The van der Waals surface area contributed by atoms with Gasteiger partial charge in [0.2, 0.25) is 0 Å². The zero-order valence-corrected chi connectivity index (χ0v) is 11.1. The molecule has 2 rings (SSSR count). The van der Waals surface area contributed by atoms with Gasteiger partial charge in [-0.05, 0) is 12.1 Å². The first-order chi connectivity index (χ1) is 8.09. The van der Waals surface area contributed by atoms with Crippen molar-refractivity contribution >= 4 is 0 Å². The highest BCUT2D eigenvalue weighted by Crippen LogP contribution is 1.96. The van der Waals surface area contributed by atoms with Gasteiger partial charge in [0.05, 0.1) is 0 Å². The molecule has 2 heterocycles. The van der Waals surface area contributed by atoms with Crippen molar-refractivity contribution < 1.29 is 9.13 Å². The molecule has 0 radical (unpaired) electrons. The molecule has 0 amide bonds. The van der Waals surface area contributed by atoms with E-state index in [0.717, 1.165) is 6.67 Å². The summed E-state index contributed by atoms with van der Waals surface area (Å²) in [4.78, 5) is 0. The summed E-state index contributed by atoms with van der Waals surface area (Å²) in [5.74, 6) is 0. The molecule has 0 unspecified atom stereocenters. The lowest BCUT2D eigenvalue weighted by atomic mass is 10.3. The second-order valence-electron chi connectivity index (χ2n) is 4.61. The van der Waals surface area contributed by atoms with Crippen LogP contribution in [-0.4, -0.2) is 0 Å². The Labute approximate surface area is 103 Å². The van der Waals surface area contributed by atoms with Crippen LogP contribution >= 0.6 is 0 Å². The fourth-order valence-corrected chi connectivity index (χ4v) is 2.16. The SMILES string of the molecule is Cc1cccc(C)[n+]1C[n+]1c(C)cccc1C. The molecule has 0 fully saturated rings. The third-order valence-corrected chi connectivity index (χ3v) is 3.34. The molecule has 0 saturated carbocycles. The van der Waals surface area contributed by atoms with E-state index in [1.807, 2.05) is 0 Å². The molecule has 2 aromatic rings. The van der Waals surface area contributed by atoms with Crippen molar-refractivity contribution in [3.63, 3.8) is 0 Å². The Morgan fingerprint density at radius 3 is 1.24 bits per heavy atom. The summed E-state index contributed by atoms with van der Waals surface area (Å²) in [6.07, 6.45) is 0. The molecule has 17 heavy (non-hydrogen) atoms. The van der Waals surface area contributed by atoms with Crippen LogP contribution in [0.5, 0.6) is 0 Å². The Bertz CT molecular complexity index is 455. The Hall–Kier alpha value is -1.70. The first-order valence-electron chi connectivity index (χ1n) is 6.01. The zero-order valence-electron chi connectivity index (χ0n) is 11.1. The Morgan fingerprint density at radius 1 is 0.647 bits per heavy atom. The van der Waals surface area contributed by atoms with Crippen LogP contribution in [0.3, 0.4) is 0 Å². The first kappa shape index (κ1) is 11.8. The number of rotatable bonds is 2. The second kappa shape index (κ2) is 4.66. The maximum atomic E-state index is 2.33. The molecular weight excluding hydrogens is 208 g/mol. The Balaban J connectivity index is 2.45. The largest absolute Gasteiger partial charge is 0.344 e. The standard InChI is InChI=1S/C15H20N2/c1-12-7-5-8-13(2)16(12)11-17-14(3)9-6-10-15(17)4/h5-10H,11H2,1-4H3/q+2. The van der Waals surface area contributed by atoms with Gasteiger partial charge in [-0.3, -0.25) is 0 Å². The molecule has 0 saturated heterocycles. The highest BCUT2D eigenvalue weighted by Gasteiger charge is 2.18. The summed E-state index contributed by atoms with van der Waals surface area (Å²) < 4.78 is 4.67. The maximum absolute atomic E-state index is 2.33. The van der Waals surface area contributed by atoms with Crippen molar-refractivity contribution in [2.24, 2.45) is 0 Å².